The third-order valence-corrected chi connectivity index (χ3v) is 2.30. The van der Waals surface area contributed by atoms with Crippen LogP contribution in [0.15, 0.2) is 24.4 Å². The summed E-state index contributed by atoms with van der Waals surface area (Å²) in [6.45, 7) is 7.71. The Morgan fingerprint density at radius 3 is 2.64 bits per heavy atom. The maximum atomic E-state index is 4.31. The van der Waals surface area contributed by atoms with Gasteiger partial charge < -0.3 is 5.32 Å². The maximum absolute atomic E-state index is 4.31. The molecule has 1 aromatic heterocycles. The Morgan fingerprint density at radius 1 is 1.29 bits per heavy atom. The number of pyridine rings is 1. The molecule has 2 nitrogen and oxygen atoms in total. The fourth-order valence-corrected chi connectivity index (χ4v) is 1.33. The number of aromatic nitrogens is 1. The van der Waals surface area contributed by atoms with Gasteiger partial charge in [0, 0.05) is 12.2 Å². The molecule has 0 saturated heterocycles. The average Bonchev–Trinajstić information content (AvgIpc) is 2.18. The summed E-state index contributed by atoms with van der Waals surface area (Å²) < 4.78 is 0. The Morgan fingerprint density at radius 2 is 2.07 bits per heavy atom. The van der Waals surface area contributed by atoms with E-state index in [-0.39, 0.29) is 0 Å². The summed E-state index contributed by atoms with van der Waals surface area (Å²) >= 11 is 0. The van der Waals surface area contributed by atoms with Crippen molar-refractivity contribution in [1.82, 2.24) is 10.3 Å². The Kier molecular flexibility index (Phi) is 4.60. The highest BCUT2D eigenvalue weighted by Crippen LogP contribution is 2.08. The van der Waals surface area contributed by atoms with Gasteiger partial charge in [0.2, 0.25) is 0 Å². The lowest BCUT2D eigenvalue weighted by Crippen LogP contribution is -2.21. The van der Waals surface area contributed by atoms with Gasteiger partial charge in [-0.2, -0.15) is 0 Å². The first kappa shape index (κ1) is 11.2. The Labute approximate surface area is 86.8 Å². The number of nitrogens with one attached hydrogen (secondary N) is 1. The Balaban J connectivity index is 2.32. The molecule has 0 aliphatic rings. The van der Waals surface area contributed by atoms with E-state index in [1.54, 1.807) is 0 Å². The van der Waals surface area contributed by atoms with Crippen LogP contribution in [0.5, 0.6) is 0 Å². The molecule has 78 valence electrons. The molecule has 0 aromatic carbocycles. The SMILES string of the molecule is CC(C)CCN[C@@H](C)c1ccccn1. The lowest BCUT2D eigenvalue weighted by atomic mass is 10.1. The standard InChI is InChI=1S/C12H20N2/c1-10(2)7-9-13-11(3)12-6-4-5-8-14-12/h4-6,8,10-11,13H,7,9H2,1-3H3/t11-/m0/s1. The van der Waals surface area contributed by atoms with Gasteiger partial charge in [-0.1, -0.05) is 19.9 Å². The molecule has 1 heterocycles. The highest BCUT2D eigenvalue weighted by Gasteiger charge is 2.04. The minimum Gasteiger partial charge on any atom is -0.309 e. The van der Waals surface area contributed by atoms with Crippen LogP contribution in [0.4, 0.5) is 0 Å². The maximum Gasteiger partial charge on any atom is 0.0570 e. The molecule has 14 heavy (non-hydrogen) atoms. The van der Waals surface area contributed by atoms with Crippen LogP contribution in [0.2, 0.25) is 0 Å². The topological polar surface area (TPSA) is 24.9 Å². The van der Waals surface area contributed by atoms with E-state index < -0.39 is 0 Å². The van der Waals surface area contributed by atoms with E-state index >= 15 is 0 Å². The van der Waals surface area contributed by atoms with Gasteiger partial charge in [-0.15, -0.1) is 0 Å². The van der Waals surface area contributed by atoms with E-state index in [4.69, 9.17) is 0 Å². The van der Waals surface area contributed by atoms with Crippen molar-refractivity contribution >= 4 is 0 Å². The Hall–Kier alpha value is -0.890. The van der Waals surface area contributed by atoms with E-state index in [9.17, 15) is 0 Å². The van der Waals surface area contributed by atoms with Gasteiger partial charge in [0.05, 0.1) is 5.69 Å². The molecule has 1 N–H and O–H groups in total. The zero-order chi connectivity index (χ0) is 10.4. The molecular weight excluding hydrogens is 172 g/mol. The summed E-state index contributed by atoms with van der Waals surface area (Å²) in [5, 5.41) is 3.47. The number of hydrogen-bond donors (Lipinski definition) is 1. The normalized spacial score (nSPS) is 13.1. The molecule has 0 aliphatic heterocycles. The van der Waals surface area contributed by atoms with E-state index in [0.29, 0.717) is 6.04 Å². The summed E-state index contributed by atoms with van der Waals surface area (Å²) in [4.78, 5) is 4.31. The van der Waals surface area contributed by atoms with Crippen LogP contribution in [0.3, 0.4) is 0 Å². The van der Waals surface area contributed by atoms with Gasteiger partial charge in [0.1, 0.15) is 0 Å². The molecule has 1 atom stereocenters. The van der Waals surface area contributed by atoms with E-state index in [1.165, 1.54) is 6.42 Å². The van der Waals surface area contributed by atoms with Gasteiger partial charge in [-0.3, -0.25) is 4.98 Å². The van der Waals surface area contributed by atoms with Crippen molar-refractivity contribution in [3.63, 3.8) is 0 Å². The number of hydrogen-bond acceptors (Lipinski definition) is 2. The third-order valence-electron chi connectivity index (χ3n) is 2.30. The first-order valence-corrected chi connectivity index (χ1v) is 5.34. The average molecular weight is 192 g/mol. The molecule has 1 aromatic rings. The van der Waals surface area contributed by atoms with Crippen molar-refractivity contribution < 1.29 is 0 Å². The highest BCUT2D eigenvalue weighted by molar-refractivity contribution is 5.07. The smallest absolute Gasteiger partial charge is 0.0570 e. The second kappa shape index (κ2) is 5.76. The van der Waals surface area contributed by atoms with Crippen LogP contribution in [-0.4, -0.2) is 11.5 Å². The fourth-order valence-electron chi connectivity index (χ4n) is 1.33. The van der Waals surface area contributed by atoms with Gasteiger partial charge in [0.25, 0.3) is 0 Å². The summed E-state index contributed by atoms with van der Waals surface area (Å²) in [5.41, 5.74) is 1.12. The van der Waals surface area contributed by atoms with Gasteiger partial charge in [-0.25, -0.2) is 0 Å². The minimum absolute atomic E-state index is 0.356. The molecule has 0 unspecified atom stereocenters. The van der Waals surface area contributed by atoms with Crippen LogP contribution in [0.25, 0.3) is 0 Å². The van der Waals surface area contributed by atoms with E-state index in [1.807, 2.05) is 18.3 Å². The Bertz CT molecular complexity index is 244. The first-order valence-electron chi connectivity index (χ1n) is 5.34. The molecule has 0 aliphatic carbocycles. The number of rotatable bonds is 5. The summed E-state index contributed by atoms with van der Waals surface area (Å²) in [7, 11) is 0. The first-order chi connectivity index (χ1) is 6.70. The van der Waals surface area contributed by atoms with Crippen LogP contribution < -0.4 is 5.32 Å². The van der Waals surface area contributed by atoms with Crippen LogP contribution in [0, 0.1) is 5.92 Å². The van der Waals surface area contributed by atoms with E-state index in [0.717, 1.165) is 18.2 Å². The monoisotopic (exact) mass is 192 g/mol. The zero-order valence-corrected chi connectivity index (χ0v) is 9.33. The largest absolute Gasteiger partial charge is 0.309 e. The second-order valence-corrected chi connectivity index (χ2v) is 4.11. The third kappa shape index (κ3) is 3.88. The van der Waals surface area contributed by atoms with Crippen LogP contribution >= 0.6 is 0 Å². The highest BCUT2D eigenvalue weighted by atomic mass is 14.9. The summed E-state index contributed by atoms with van der Waals surface area (Å²) in [6, 6.07) is 6.40. The van der Waals surface area contributed by atoms with Crippen molar-refractivity contribution in [3.05, 3.63) is 30.1 Å². The molecule has 0 saturated carbocycles. The quantitative estimate of drug-likeness (QED) is 0.776. The predicted molar refractivity (Wildman–Crippen MR) is 60.1 cm³/mol. The van der Waals surface area contributed by atoms with Crippen molar-refractivity contribution in [2.24, 2.45) is 5.92 Å². The molecule has 0 bridgehead atoms. The predicted octanol–water partition coefficient (Wildman–Crippen LogP) is 2.78. The van der Waals surface area contributed by atoms with Crippen molar-refractivity contribution in [3.8, 4) is 0 Å². The molecule has 0 radical (unpaired) electrons. The van der Waals surface area contributed by atoms with Crippen LogP contribution in [-0.2, 0) is 0 Å². The second-order valence-electron chi connectivity index (χ2n) is 4.11. The number of nitrogens with zero attached hydrogens (tertiary/aromatic N) is 1. The molecule has 0 spiro atoms. The molecule has 0 fully saturated rings. The van der Waals surface area contributed by atoms with Crippen molar-refractivity contribution in [1.29, 1.82) is 0 Å². The summed E-state index contributed by atoms with van der Waals surface area (Å²) in [6.07, 6.45) is 3.06. The van der Waals surface area contributed by atoms with Gasteiger partial charge in [-0.05, 0) is 37.9 Å². The minimum atomic E-state index is 0.356. The molecule has 2 heteroatoms. The lowest BCUT2D eigenvalue weighted by molar-refractivity contribution is 0.492. The van der Waals surface area contributed by atoms with Crippen molar-refractivity contribution in [2.75, 3.05) is 6.54 Å². The lowest BCUT2D eigenvalue weighted by Gasteiger charge is -2.13. The van der Waals surface area contributed by atoms with E-state index in [2.05, 4.69) is 37.1 Å². The van der Waals surface area contributed by atoms with Crippen LogP contribution in [0.1, 0.15) is 38.9 Å². The molecular formula is C12H20N2. The van der Waals surface area contributed by atoms with Gasteiger partial charge >= 0.3 is 0 Å². The molecule has 1 rings (SSSR count). The summed E-state index contributed by atoms with van der Waals surface area (Å²) in [5.74, 6) is 0.762. The zero-order valence-electron chi connectivity index (χ0n) is 9.33. The van der Waals surface area contributed by atoms with Gasteiger partial charge in [0.15, 0.2) is 0 Å². The molecule has 0 amide bonds. The van der Waals surface area contributed by atoms with Crippen molar-refractivity contribution in [2.45, 2.75) is 33.2 Å². The fraction of sp³-hybridized carbons (Fsp3) is 0.583.